The summed E-state index contributed by atoms with van der Waals surface area (Å²) in [5, 5.41) is 7.80. The second-order valence-electron chi connectivity index (χ2n) is 10.3. The highest BCUT2D eigenvalue weighted by atomic mass is 32.2. The van der Waals surface area contributed by atoms with Gasteiger partial charge in [0.05, 0.1) is 14.2 Å². The van der Waals surface area contributed by atoms with Gasteiger partial charge in [0.25, 0.3) is 11.8 Å². The molecule has 5 rings (SSSR count). The number of para-hydroxylation sites is 1. The van der Waals surface area contributed by atoms with E-state index in [1.165, 1.54) is 56.3 Å². The predicted octanol–water partition coefficient (Wildman–Crippen LogP) is 7.72. The summed E-state index contributed by atoms with van der Waals surface area (Å²) in [6.07, 6.45) is 1.52. The number of amides is 3. The Morgan fingerprint density at radius 3 is 2.10 bits per heavy atom. The van der Waals surface area contributed by atoms with Gasteiger partial charge >= 0.3 is 0 Å². The number of thioether (sulfide) groups is 1. The third-order valence-corrected chi connectivity index (χ3v) is 8.31. The molecule has 0 aliphatic rings. The number of halogens is 1. The number of hydrogen-bond donors (Lipinski definition) is 3. The van der Waals surface area contributed by atoms with Crippen LogP contribution in [-0.2, 0) is 9.59 Å². The fourth-order valence-corrected chi connectivity index (χ4v) is 5.83. The summed E-state index contributed by atoms with van der Waals surface area (Å²) in [4.78, 5) is 41.1. The molecule has 3 N–H and O–H groups in total. The van der Waals surface area contributed by atoms with Gasteiger partial charge in [-0.3, -0.25) is 14.4 Å². The lowest BCUT2D eigenvalue weighted by molar-refractivity contribution is -0.116. The minimum absolute atomic E-state index is 0.0331. The van der Waals surface area contributed by atoms with Crippen LogP contribution < -0.4 is 25.4 Å². The van der Waals surface area contributed by atoms with Crippen molar-refractivity contribution in [3.8, 4) is 11.5 Å². The van der Waals surface area contributed by atoms with Gasteiger partial charge in [0.1, 0.15) is 16.8 Å². The zero-order valence-electron chi connectivity index (χ0n) is 26.1. The number of nitrogens with one attached hydrogen (secondary N) is 3. The highest BCUT2D eigenvalue weighted by molar-refractivity contribution is 8.00. The zero-order valence-corrected chi connectivity index (χ0v) is 26.9. The summed E-state index contributed by atoms with van der Waals surface area (Å²) < 4.78 is 24.4. The Hall–Kier alpha value is -5.87. The SMILES string of the molecule is COc1cccc(/C=C(/NC(=O)c2ccccc2)C(=O)Nc2cccc(SC(C(=O)Nc3ccc(F)cc3)c3ccccc3)c2)c1OC. The molecule has 0 saturated carbocycles. The summed E-state index contributed by atoms with van der Waals surface area (Å²) in [6.45, 7) is 0. The molecule has 0 saturated heterocycles. The van der Waals surface area contributed by atoms with Crippen LogP contribution >= 0.6 is 11.8 Å². The minimum atomic E-state index is -0.664. The van der Waals surface area contributed by atoms with E-state index in [0.29, 0.717) is 38.9 Å². The Morgan fingerprint density at radius 1 is 0.729 bits per heavy atom. The number of ether oxygens (including phenoxy) is 2. The molecule has 0 aliphatic heterocycles. The lowest BCUT2D eigenvalue weighted by Gasteiger charge is -2.18. The fraction of sp³-hybridized carbons (Fsp3) is 0.0789. The lowest BCUT2D eigenvalue weighted by Crippen LogP contribution is -2.30. The molecule has 0 spiro atoms. The molecule has 1 unspecified atom stereocenters. The van der Waals surface area contributed by atoms with Crippen LogP contribution in [0.1, 0.15) is 26.7 Å². The highest BCUT2D eigenvalue weighted by Crippen LogP contribution is 2.37. The number of benzene rings is 5. The van der Waals surface area contributed by atoms with Crippen LogP contribution in [-0.4, -0.2) is 31.9 Å². The standard InChI is InChI=1S/C38H32FN3O5S/c1-46-33-18-9-15-27(34(33)47-2)23-32(42-36(43)26-13-7-4-8-14-26)37(44)41-30-16-10-17-31(24-30)48-35(25-11-5-3-6-12-25)38(45)40-29-21-19-28(39)20-22-29/h3-24,35H,1-2H3,(H,40,45)(H,41,44)(H,42,43)/b32-23+. The van der Waals surface area contributed by atoms with Gasteiger partial charge in [-0.15, -0.1) is 11.8 Å². The third kappa shape index (κ3) is 8.68. The van der Waals surface area contributed by atoms with Crippen LogP contribution in [0.2, 0.25) is 0 Å². The van der Waals surface area contributed by atoms with E-state index in [2.05, 4.69) is 16.0 Å². The van der Waals surface area contributed by atoms with Crippen LogP contribution in [0.5, 0.6) is 11.5 Å². The average molecular weight is 662 g/mol. The summed E-state index contributed by atoms with van der Waals surface area (Å²) in [5.41, 5.74) is 2.52. The van der Waals surface area contributed by atoms with Crippen molar-refractivity contribution in [3.63, 3.8) is 0 Å². The van der Waals surface area contributed by atoms with Crippen molar-refractivity contribution in [2.24, 2.45) is 0 Å². The number of hydrogen-bond acceptors (Lipinski definition) is 6. The maximum atomic E-state index is 13.8. The van der Waals surface area contributed by atoms with Crippen molar-refractivity contribution in [3.05, 3.63) is 156 Å². The van der Waals surface area contributed by atoms with Gasteiger partial charge in [-0.1, -0.05) is 66.7 Å². The zero-order chi connectivity index (χ0) is 33.9. The van der Waals surface area contributed by atoms with Crippen LogP contribution in [0.15, 0.2) is 138 Å². The maximum Gasteiger partial charge on any atom is 0.272 e. The van der Waals surface area contributed by atoms with Gasteiger partial charge in [0.2, 0.25) is 5.91 Å². The first kappa shape index (κ1) is 33.5. The van der Waals surface area contributed by atoms with E-state index in [0.717, 1.165) is 5.56 Å². The van der Waals surface area contributed by atoms with Gasteiger partial charge < -0.3 is 25.4 Å². The highest BCUT2D eigenvalue weighted by Gasteiger charge is 2.23. The molecule has 0 aromatic heterocycles. The third-order valence-electron chi connectivity index (χ3n) is 7.06. The Labute approximate surface area is 282 Å². The molecule has 10 heteroatoms. The molecule has 1 atom stereocenters. The Kier molecular flexibility index (Phi) is 11.2. The van der Waals surface area contributed by atoms with Crippen molar-refractivity contribution >= 4 is 46.9 Å². The smallest absolute Gasteiger partial charge is 0.272 e. The quantitative estimate of drug-likeness (QED) is 0.0934. The molecule has 48 heavy (non-hydrogen) atoms. The Balaban J connectivity index is 1.41. The molecule has 0 bridgehead atoms. The second-order valence-corrected chi connectivity index (χ2v) is 11.5. The first-order valence-corrected chi connectivity index (χ1v) is 15.7. The first-order chi connectivity index (χ1) is 23.3. The molecule has 242 valence electrons. The molecule has 8 nitrogen and oxygen atoms in total. The first-order valence-electron chi connectivity index (χ1n) is 14.8. The second kappa shape index (κ2) is 16.1. The normalized spacial score (nSPS) is 11.6. The van der Waals surface area contributed by atoms with Crippen LogP contribution in [0.3, 0.4) is 0 Å². The monoisotopic (exact) mass is 661 g/mol. The van der Waals surface area contributed by atoms with Crippen LogP contribution in [0, 0.1) is 5.82 Å². The van der Waals surface area contributed by atoms with E-state index in [4.69, 9.17) is 9.47 Å². The summed E-state index contributed by atoms with van der Waals surface area (Å²) >= 11 is 1.29. The van der Waals surface area contributed by atoms with Crippen molar-refractivity contribution in [1.29, 1.82) is 0 Å². The molecule has 0 radical (unpaired) electrons. The average Bonchev–Trinajstić information content (AvgIpc) is 3.12. The van der Waals surface area contributed by atoms with E-state index >= 15 is 0 Å². The van der Waals surface area contributed by atoms with E-state index in [-0.39, 0.29) is 11.6 Å². The summed E-state index contributed by atoms with van der Waals surface area (Å²) in [5.74, 6) is -0.902. The molecule has 5 aromatic rings. The van der Waals surface area contributed by atoms with Gasteiger partial charge in [0.15, 0.2) is 11.5 Å². The number of carbonyl (C=O) groups excluding carboxylic acids is 3. The van der Waals surface area contributed by atoms with Crippen molar-refractivity contribution < 1.29 is 28.2 Å². The van der Waals surface area contributed by atoms with Crippen molar-refractivity contribution in [2.75, 3.05) is 24.9 Å². The van der Waals surface area contributed by atoms with Gasteiger partial charge in [-0.2, -0.15) is 0 Å². The number of methoxy groups -OCH3 is 2. The predicted molar refractivity (Wildman–Crippen MR) is 187 cm³/mol. The van der Waals surface area contributed by atoms with Gasteiger partial charge in [0, 0.05) is 27.4 Å². The van der Waals surface area contributed by atoms with Gasteiger partial charge in [-0.05, 0) is 72.3 Å². The lowest BCUT2D eigenvalue weighted by atomic mass is 10.1. The molecular formula is C38H32FN3O5S. The topological polar surface area (TPSA) is 106 Å². The molecule has 0 fully saturated rings. The molecule has 0 aliphatic carbocycles. The Morgan fingerprint density at radius 2 is 1.42 bits per heavy atom. The van der Waals surface area contributed by atoms with Gasteiger partial charge in [-0.25, -0.2) is 4.39 Å². The molecule has 3 amide bonds. The number of carbonyl (C=O) groups is 3. The minimum Gasteiger partial charge on any atom is -0.493 e. The van der Waals surface area contributed by atoms with Crippen LogP contribution in [0.4, 0.5) is 15.8 Å². The number of rotatable bonds is 12. The van der Waals surface area contributed by atoms with Crippen molar-refractivity contribution in [2.45, 2.75) is 10.1 Å². The molecule has 0 heterocycles. The fourth-order valence-electron chi connectivity index (χ4n) is 4.75. The van der Waals surface area contributed by atoms with E-state index < -0.39 is 22.9 Å². The summed E-state index contributed by atoms with van der Waals surface area (Å²) in [6, 6.07) is 35.6. The molecule has 5 aromatic carbocycles. The van der Waals surface area contributed by atoms with E-state index in [9.17, 15) is 18.8 Å². The molecular weight excluding hydrogens is 629 g/mol. The Bertz CT molecular complexity index is 1920. The van der Waals surface area contributed by atoms with Crippen molar-refractivity contribution in [1.82, 2.24) is 5.32 Å². The number of anilines is 2. The van der Waals surface area contributed by atoms with Crippen LogP contribution in [0.25, 0.3) is 6.08 Å². The summed E-state index contributed by atoms with van der Waals surface area (Å²) in [7, 11) is 3.00. The van der Waals surface area contributed by atoms with E-state index in [1.807, 2.05) is 36.4 Å². The largest absolute Gasteiger partial charge is 0.493 e. The maximum absolute atomic E-state index is 13.8. The van der Waals surface area contributed by atoms with E-state index in [1.54, 1.807) is 66.7 Å².